The molecule has 5 aromatic carbocycles. The van der Waals surface area contributed by atoms with Crippen LogP contribution in [0.1, 0.15) is 369 Å². The molecule has 10 unspecified atom stereocenters. The molecule has 5 aromatic rings. The summed E-state index contributed by atoms with van der Waals surface area (Å²) in [6.45, 7) is 82.3. The molecule has 0 bridgehead atoms. The highest BCUT2D eigenvalue weighted by molar-refractivity contribution is 5.43. The van der Waals surface area contributed by atoms with E-state index in [0.29, 0.717) is 5.41 Å². The Morgan fingerprint density at radius 2 is 0.525 bits per heavy atom. The minimum atomic E-state index is 0.667. The van der Waals surface area contributed by atoms with E-state index in [0.717, 1.165) is 77.4 Å². The molecule has 0 amide bonds. The molecule has 101 heavy (non-hydrogen) atoms. The molecule has 3 fully saturated rings. The van der Waals surface area contributed by atoms with E-state index in [1.54, 1.807) is 61.2 Å². The third-order valence-corrected chi connectivity index (χ3v) is 27.1. The first-order chi connectivity index (χ1) is 47.6. The second kappa shape index (κ2) is 51.3. The zero-order chi connectivity index (χ0) is 77.6. The van der Waals surface area contributed by atoms with E-state index in [2.05, 4.69) is 310 Å². The summed E-state index contributed by atoms with van der Waals surface area (Å²) in [4.78, 5) is 0. The maximum absolute atomic E-state index is 2.41. The van der Waals surface area contributed by atoms with E-state index in [1.807, 2.05) is 0 Å². The van der Waals surface area contributed by atoms with Gasteiger partial charge >= 0.3 is 0 Å². The highest BCUT2D eigenvalue weighted by Gasteiger charge is 2.30. The van der Waals surface area contributed by atoms with Gasteiger partial charge in [-0.1, -0.05) is 293 Å². The van der Waals surface area contributed by atoms with Crippen LogP contribution in [0.15, 0.2) is 60.7 Å². The van der Waals surface area contributed by atoms with E-state index in [1.165, 1.54) is 185 Å². The van der Waals surface area contributed by atoms with Crippen LogP contribution in [-0.2, 0) is 77.0 Å². The van der Waals surface area contributed by atoms with Gasteiger partial charge in [-0.15, -0.1) is 0 Å². The van der Waals surface area contributed by atoms with Crippen molar-refractivity contribution in [3.05, 3.63) is 172 Å². The zero-order valence-electron chi connectivity index (χ0n) is 74.8. The highest BCUT2D eigenvalue weighted by Crippen LogP contribution is 2.40. The Kier molecular flexibility index (Phi) is 49.4. The van der Waals surface area contributed by atoms with Gasteiger partial charge in [-0.3, -0.25) is 0 Å². The zero-order valence-corrected chi connectivity index (χ0v) is 74.8. The van der Waals surface area contributed by atoms with Gasteiger partial charge < -0.3 is 0 Å². The molecular formula is C101H174. The first kappa shape index (κ1) is 97.1. The number of hydrogen-bond acceptors (Lipinski definition) is 0. The molecule has 0 heteroatoms. The van der Waals surface area contributed by atoms with Crippen LogP contribution in [0.2, 0.25) is 0 Å². The molecular weight excluding hydrogens is 1210 g/mol. The van der Waals surface area contributed by atoms with Crippen LogP contribution in [0.25, 0.3) is 0 Å². The Balaban J connectivity index is 0.00000112. The first-order valence-corrected chi connectivity index (χ1v) is 43.1. The molecule has 0 aliphatic heterocycles. The molecule has 8 rings (SSSR count). The quantitative estimate of drug-likeness (QED) is 0.0924. The Morgan fingerprint density at radius 3 is 0.752 bits per heavy atom. The summed E-state index contributed by atoms with van der Waals surface area (Å²) in [5.41, 5.74) is 30.6. The predicted octanol–water partition coefficient (Wildman–Crippen LogP) is 31.2. The van der Waals surface area contributed by atoms with Crippen molar-refractivity contribution in [3.63, 3.8) is 0 Å². The van der Waals surface area contributed by atoms with Crippen molar-refractivity contribution in [3.8, 4) is 0 Å². The molecule has 0 spiro atoms. The van der Waals surface area contributed by atoms with Crippen LogP contribution in [0.4, 0.5) is 0 Å². The van der Waals surface area contributed by atoms with Crippen molar-refractivity contribution in [2.75, 3.05) is 0 Å². The van der Waals surface area contributed by atoms with Gasteiger partial charge in [0.25, 0.3) is 0 Å². The van der Waals surface area contributed by atoms with E-state index in [-0.39, 0.29) is 0 Å². The van der Waals surface area contributed by atoms with Gasteiger partial charge in [0.1, 0.15) is 0 Å². The molecule has 0 aromatic heterocycles. The van der Waals surface area contributed by atoms with Gasteiger partial charge in [-0.05, 0) is 346 Å². The van der Waals surface area contributed by atoms with Crippen molar-refractivity contribution in [1.82, 2.24) is 0 Å². The molecule has 0 heterocycles. The fraction of sp³-hybridized carbons (Fsp3) is 0.703. The van der Waals surface area contributed by atoms with E-state index >= 15 is 0 Å². The minimum Gasteiger partial charge on any atom is -0.0649 e. The molecule has 3 saturated carbocycles. The lowest BCUT2D eigenvalue weighted by Crippen LogP contribution is -2.27. The fourth-order valence-corrected chi connectivity index (χ4v) is 16.8. The van der Waals surface area contributed by atoms with Crippen LogP contribution >= 0.6 is 0 Å². The van der Waals surface area contributed by atoms with Crippen molar-refractivity contribution in [2.45, 2.75) is 391 Å². The second-order valence-electron chi connectivity index (χ2n) is 33.3. The van der Waals surface area contributed by atoms with E-state index < -0.39 is 0 Å². The summed E-state index contributed by atoms with van der Waals surface area (Å²) in [6, 6.07) is 23.1. The Labute approximate surface area is 635 Å². The van der Waals surface area contributed by atoms with Gasteiger partial charge in [0, 0.05) is 0 Å². The third kappa shape index (κ3) is 32.0. The third-order valence-electron chi connectivity index (χ3n) is 27.1. The lowest BCUT2D eigenvalue weighted by molar-refractivity contribution is 0.137. The van der Waals surface area contributed by atoms with Crippen molar-refractivity contribution < 1.29 is 0 Å². The second-order valence-corrected chi connectivity index (χ2v) is 33.3. The maximum atomic E-state index is 2.41. The molecule has 3 aliphatic carbocycles. The summed E-state index contributed by atoms with van der Waals surface area (Å²) in [5, 5.41) is 0. The van der Waals surface area contributed by atoms with Gasteiger partial charge in [0.2, 0.25) is 0 Å². The average Bonchev–Trinajstić information content (AvgIpc) is 0.840. The minimum absolute atomic E-state index is 0.667. The Morgan fingerprint density at radius 1 is 0.248 bits per heavy atom. The van der Waals surface area contributed by atoms with Crippen LogP contribution < -0.4 is 0 Å². The fourth-order valence-electron chi connectivity index (χ4n) is 16.8. The van der Waals surface area contributed by atoms with E-state index in [4.69, 9.17) is 0 Å². The highest BCUT2D eigenvalue weighted by atomic mass is 14.4. The standard InChI is InChI=1S/3C14H22.C10H20.C10H14.2C10H20.C10H14.C9H20/c1-5-11-9-13(7-3)14(8-4)10-12(11)6-2;1-5-11-9-12(6-2)14(8-4)13(7-3)10-11;1-5-11-9-10-12(6-2)14(8-4)13(11)7-3;2*1-7-5-9(3)10(4)6-8(7)2;1-7-5-8(2)10(4)9(3)6-7;2*1-7-5-6-8(2)10(4)9(7)3;1-5-9(6-2,7-3)8-4/h3*9-10H,5-8H2,1-4H3;7-10H,5-6H2,1-4H3;5-6H,1-4H3;2*7-10H,5-6H2,1-4H3;5-6H,1-4H3;5-8H2,1-4H3. The lowest BCUT2D eigenvalue weighted by atomic mass is 9.69. The molecule has 0 N–H and O–H groups in total. The van der Waals surface area contributed by atoms with Crippen LogP contribution in [0.5, 0.6) is 0 Å². The Bertz CT molecular complexity index is 2740. The summed E-state index contributed by atoms with van der Waals surface area (Å²) in [5.74, 6) is 11.5. The van der Waals surface area contributed by atoms with Gasteiger partial charge in [-0.2, -0.15) is 0 Å². The average molecular weight is 1390 g/mol. The van der Waals surface area contributed by atoms with Gasteiger partial charge in [0.15, 0.2) is 0 Å². The first-order valence-electron chi connectivity index (χ1n) is 43.1. The van der Waals surface area contributed by atoms with Crippen LogP contribution in [0.3, 0.4) is 0 Å². The summed E-state index contributed by atoms with van der Waals surface area (Å²) >= 11 is 0. The normalized spacial score (nSPS) is 22.1. The number of aryl methyl sites for hydroxylation is 15. The molecule has 3 aliphatic rings. The summed E-state index contributed by atoms with van der Waals surface area (Å²) in [7, 11) is 0. The van der Waals surface area contributed by atoms with E-state index in [9.17, 15) is 0 Å². The summed E-state index contributed by atoms with van der Waals surface area (Å²) < 4.78 is 0. The molecule has 0 radical (unpaired) electrons. The largest absolute Gasteiger partial charge is 0.0649 e. The number of benzene rings is 5. The number of rotatable bonds is 16. The maximum Gasteiger partial charge on any atom is -0.0302 e. The van der Waals surface area contributed by atoms with Crippen LogP contribution in [0, 0.1) is 132 Å². The lowest BCUT2D eigenvalue weighted by Gasteiger charge is -2.36. The number of hydrogen-bond donors (Lipinski definition) is 0. The van der Waals surface area contributed by atoms with Crippen molar-refractivity contribution in [1.29, 1.82) is 0 Å². The van der Waals surface area contributed by atoms with Crippen molar-refractivity contribution >= 4 is 0 Å². The molecule has 578 valence electrons. The molecule has 0 nitrogen and oxygen atoms in total. The SMILES string of the molecule is CC1CC(C)C(C)C(C)C1.CC1CC(C)C(C)CC1C.CC1CCC(C)C(C)C1C.CCC(CC)(CC)CC.CCc1cc(CC)c(CC)c(CC)c1.CCc1cc(CC)c(CC)cc1CC.CCc1ccc(CC)c(CC)c1CC.Cc1cc(C)c(C)cc1C.Cc1ccc(C)c(C)c1C. The Hall–Kier alpha value is -3.90. The summed E-state index contributed by atoms with van der Waals surface area (Å²) in [6.07, 6.45) is 28.1. The predicted molar refractivity (Wildman–Crippen MR) is 464 cm³/mol. The van der Waals surface area contributed by atoms with Crippen molar-refractivity contribution in [2.24, 2.45) is 76.4 Å². The smallest absolute Gasteiger partial charge is 0.0302 e. The monoisotopic (exact) mass is 1390 g/mol. The van der Waals surface area contributed by atoms with Gasteiger partial charge in [0.05, 0.1) is 0 Å². The van der Waals surface area contributed by atoms with Crippen LogP contribution in [-0.4, -0.2) is 0 Å². The molecule has 10 atom stereocenters. The van der Waals surface area contributed by atoms with Gasteiger partial charge in [-0.25, -0.2) is 0 Å². The topological polar surface area (TPSA) is 0 Å². The molecule has 0 saturated heterocycles.